The third kappa shape index (κ3) is 2.33. The Hall–Kier alpha value is -1.88. The molecule has 5 nitrogen and oxygen atoms in total. The molecule has 19 heavy (non-hydrogen) atoms. The van der Waals surface area contributed by atoms with Gasteiger partial charge in [-0.3, -0.25) is 0 Å². The van der Waals surface area contributed by atoms with E-state index in [9.17, 15) is 0 Å². The van der Waals surface area contributed by atoms with Crippen molar-refractivity contribution in [2.24, 2.45) is 0 Å². The second kappa shape index (κ2) is 5.01. The van der Waals surface area contributed by atoms with Crippen molar-refractivity contribution in [2.75, 3.05) is 0 Å². The van der Waals surface area contributed by atoms with Crippen LogP contribution in [0.2, 0.25) is 0 Å². The van der Waals surface area contributed by atoms with Crippen LogP contribution in [-0.4, -0.2) is 19.7 Å². The van der Waals surface area contributed by atoms with Crippen LogP contribution in [0.1, 0.15) is 17.3 Å². The predicted molar refractivity (Wildman–Crippen MR) is 72.0 cm³/mol. The first-order valence-corrected chi connectivity index (χ1v) is 6.58. The maximum absolute atomic E-state index is 5.97. The van der Waals surface area contributed by atoms with Crippen LogP contribution in [0.3, 0.4) is 0 Å². The summed E-state index contributed by atoms with van der Waals surface area (Å²) in [6, 6.07) is 6.19. The highest BCUT2D eigenvalue weighted by molar-refractivity contribution is 6.16. The highest BCUT2D eigenvalue weighted by atomic mass is 35.5. The Labute approximate surface area is 115 Å². The smallest absolute Gasteiger partial charge is 0.228 e. The van der Waals surface area contributed by atoms with Crippen LogP contribution < -0.4 is 0 Å². The van der Waals surface area contributed by atoms with Crippen molar-refractivity contribution < 1.29 is 4.52 Å². The van der Waals surface area contributed by atoms with Crippen molar-refractivity contribution in [2.45, 2.75) is 25.8 Å². The molecular formula is C13H13ClN4O. The standard InChI is InChI=1S/C13H13ClN4O/c1-9-2-3-10-11(6-9)18(12(7-14)17-10)5-4-13-15-8-16-19-13/h2-3,6,8H,4-5,7H2,1H3. The maximum atomic E-state index is 5.97. The molecule has 2 aromatic heterocycles. The summed E-state index contributed by atoms with van der Waals surface area (Å²) >= 11 is 5.97. The molecule has 3 rings (SSSR count). The summed E-state index contributed by atoms with van der Waals surface area (Å²) in [4.78, 5) is 8.56. The van der Waals surface area contributed by atoms with Crippen molar-refractivity contribution in [1.82, 2.24) is 19.7 Å². The van der Waals surface area contributed by atoms with Crippen molar-refractivity contribution in [3.05, 3.63) is 41.8 Å². The van der Waals surface area contributed by atoms with Crippen LogP contribution in [0.4, 0.5) is 0 Å². The summed E-state index contributed by atoms with van der Waals surface area (Å²) in [6.45, 7) is 2.79. The van der Waals surface area contributed by atoms with E-state index < -0.39 is 0 Å². The average molecular weight is 277 g/mol. The first-order valence-electron chi connectivity index (χ1n) is 6.05. The zero-order chi connectivity index (χ0) is 13.2. The van der Waals surface area contributed by atoms with E-state index in [0.717, 1.165) is 23.4 Å². The van der Waals surface area contributed by atoms with E-state index in [0.29, 0.717) is 18.2 Å². The normalized spacial score (nSPS) is 11.3. The summed E-state index contributed by atoms with van der Waals surface area (Å²) in [5.74, 6) is 1.87. The number of alkyl halides is 1. The van der Waals surface area contributed by atoms with Crippen LogP contribution in [0.5, 0.6) is 0 Å². The third-order valence-corrected chi connectivity index (χ3v) is 3.30. The van der Waals surface area contributed by atoms with Gasteiger partial charge >= 0.3 is 0 Å². The van der Waals surface area contributed by atoms with Gasteiger partial charge in [0.2, 0.25) is 5.89 Å². The van der Waals surface area contributed by atoms with Gasteiger partial charge < -0.3 is 9.09 Å². The largest absolute Gasteiger partial charge is 0.340 e. The number of fused-ring (bicyclic) bond motifs is 1. The van der Waals surface area contributed by atoms with Crippen LogP contribution in [-0.2, 0) is 18.8 Å². The number of benzene rings is 1. The summed E-state index contributed by atoms with van der Waals surface area (Å²) < 4.78 is 7.12. The van der Waals surface area contributed by atoms with Crippen molar-refractivity contribution in [3.8, 4) is 0 Å². The first-order chi connectivity index (χ1) is 9.28. The number of imidazole rings is 1. The fourth-order valence-electron chi connectivity index (χ4n) is 2.15. The van der Waals surface area contributed by atoms with Crippen molar-refractivity contribution >= 4 is 22.6 Å². The molecule has 98 valence electrons. The lowest BCUT2D eigenvalue weighted by molar-refractivity contribution is 0.371. The van der Waals surface area contributed by atoms with Crippen LogP contribution in [0.25, 0.3) is 11.0 Å². The van der Waals surface area contributed by atoms with Crippen LogP contribution in [0.15, 0.2) is 29.0 Å². The maximum Gasteiger partial charge on any atom is 0.228 e. The molecule has 0 spiro atoms. The van der Waals surface area contributed by atoms with Gasteiger partial charge in [0.25, 0.3) is 0 Å². The van der Waals surface area contributed by atoms with Crippen LogP contribution >= 0.6 is 11.6 Å². The van der Waals surface area contributed by atoms with Crippen LogP contribution in [0, 0.1) is 6.92 Å². The van der Waals surface area contributed by atoms with Crippen molar-refractivity contribution in [1.29, 1.82) is 0 Å². The topological polar surface area (TPSA) is 56.7 Å². The van der Waals surface area contributed by atoms with E-state index in [1.807, 2.05) is 6.07 Å². The number of aryl methyl sites for hydroxylation is 3. The van der Waals surface area contributed by atoms with E-state index >= 15 is 0 Å². The number of rotatable bonds is 4. The average Bonchev–Trinajstić information content (AvgIpc) is 3.03. The Bertz CT molecular complexity index is 690. The minimum absolute atomic E-state index is 0.386. The molecule has 0 saturated heterocycles. The molecule has 0 amide bonds. The van der Waals surface area contributed by atoms with Gasteiger partial charge in [0.05, 0.1) is 16.9 Å². The summed E-state index contributed by atoms with van der Waals surface area (Å²) in [7, 11) is 0. The fourth-order valence-corrected chi connectivity index (χ4v) is 2.35. The monoisotopic (exact) mass is 276 g/mol. The first kappa shape index (κ1) is 12.2. The molecule has 0 atom stereocenters. The fraction of sp³-hybridized carbons (Fsp3) is 0.308. The van der Waals surface area contributed by atoms with E-state index in [2.05, 4.69) is 38.7 Å². The zero-order valence-corrected chi connectivity index (χ0v) is 11.3. The van der Waals surface area contributed by atoms with Gasteiger partial charge in [-0.25, -0.2) is 4.98 Å². The molecule has 0 aliphatic rings. The molecule has 0 aliphatic heterocycles. The van der Waals surface area contributed by atoms with Gasteiger partial charge in [-0.15, -0.1) is 11.6 Å². The Kier molecular flexibility index (Phi) is 3.21. The molecule has 0 radical (unpaired) electrons. The highest BCUT2D eigenvalue weighted by Crippen LogP contribution is 2.19. The molecule has 1 aromatic carbocycles. The van der Waals surface area contributed by atoms with Gasteiger partial charge in [-0.2, -0.15) is 4.98 Å². The van der Waals surface area contributed by atoms with Gasteiger partial charge in [-0.1, -0.05) is 11.2 Å². The lowest BCUT2D eigenvalue weighted by atomic mass is 10.2. The van der Waals surface area contributed by atoms with E-state index in [1.165, 1.54) is 11.9 Å². The van der Waals surface area contributed by atoms with Crippen molar-refractivity contribution in [3.63, 3.8) is 0 Å². The molecule has 0 N–H and O–H groups in total. The van der Waals surface area contributed by atoms with Gasteiger partial charge in [0.1, 0.15) is 5.82 Å². The molecule has 0 saturated carbocycles. The summed E-state index contributed by atoms with van der Waals surface area (Å²) in [5.41, 5.74) is 3.26. The molecule has 0 unspecified atom stereocenters. The molecular weight excluding hydrogens is 264 g/mol. The summed E-state index contributed by atoms with van der Waals surface area (Å²) in [5, 5.41) is 3.60. The second-order valence-electron chi connectivity index (χ2n) is 4.39. The minimum atomic E-state index is 0.386. The molecule has 0 fully saturated rings. The number of hydrogen-bond acceptors (Lipinski definition) is 4. The number of halogens is 1. The number of nitrogens with zero attached hydrogens (tertiary/aromatic N) is 4. The minimum Gasteiger partial charge on any atom is -0.340 e. The molecule has 6 heteroatoms. The quantitative estimate of drug-likeness (QED) is 0.688. The SMILES string of the molecule is Cc1ccc2nc(CCl)n(CCc3ncno3)c2c1. The van der Waals surface area contributed by atoms with Gasteiger partial charge in [-0.05, 0) is 24.6 Å². The molecule has 0 bridgehead atoms. The lowest BCUT2D eigenvalue weighted by Crippen LogP contribution is -2.05. The van der Waals surface area contributed by atoms with E-state index in [-0.39, 0.29) is 0 Å². The highest BCUT2D eigenvalue weighted by Gasteiger charge is 2.11. The number of aromatic nitrogens is 4. The van der Waals surface area contributed by atoms with Gasteiger partial charge in [0, 0.05) is 13.0 Å². The lowest BCUT2D eigenvalue weighted by Gasteiger charge is -2.06. The Morgan fingerprint density at radius 2 is 2.26 bits per heavy atom. The second-order valence-corrected chi connectivity index (χ2v) is 4.66. The molecule has 0 aliphatic carbocycles. The molecule has 2 heterocycles. The Morgan fingerprint density at radius 3 is 3.00 bits per heavy atom. The van der Waals surface area contributed by atoms with E-state index in [4.69, 9.17) is 16.1 Å². The molecule has 3 aromatic rings. The zero-order valence-electron chi connectivity index (χ0n) is 10.5. The Balaban J connectivity index is 1.97. The van der Waals surface area contributed by atoms with Gasteiger partial charge in [0.15, 0.2) is 6.33 Å². The van der Waals surface area contributed by atoms with E-state index in [1.54, 1.807) is 0 Å². The Morgan fingerprint density at radius 1 is 1.37 bits per heavy atom. The predicted octanol–water partition coefficient (Wildman–Crippen LogP) is 2.71. The number of hydrogen-bond donors (Lipinski definition) is 0. The third-order valence-electron chi connectivity index (χ3n) is 3.06. The summed E-state index contributed by atoms with van der Waals surface area (Å²) in [6.07, 6.45) is 2.08.